The lowest BCUT2D eigenvalue weighted by atomic mass is 9.91. The number of piperidine rings is 1. The monoisotopic (exact) mass is 414 g/mol. The Bertz CT molecular complexity index is 748. The first-order valence-electron chi connectivity index (χ1n) is 11.4. The van der Waals surface area contributed by atoms with Crippen LogP contribution in [-0.4, -0.2) is 78.4 Å². The standard InChI is InChI=1S/C24H38N4O2/c1-17-13-18(2)15-28(14-17)24(30)21(5)27-11-9-26(10-12-27)16-23(29)25-22-8-6-7-19(3)20(22)4/h6-8,17-18,21H,9-16H2,1-5H3,(H,25,29)/t17-,18+,21-/m0/s1. The van der Waals surface area contributed by atoms with E-state index in [-0.39, 0.29) is 17.9 Å². The number of nitrogens with one attached hydrogen (secondary N) is 1. The Morgan fingerprint density at radius 2 is 1.70 bits per heavy atom. The van der Waals surface area contributed by atoms with Crippen molar-refractivity contribution in [1.29, 1.82) is 0 Å². The molecule has 6 heteroatoms. The number of anilines is 1. The SMILES string of the molecule is Cc1cccc(NC(=O)CN2CCN([C@@H](C)C(=O)N3C[C@H](C)C[C@H](C)C3)CC2)c1C. The van der Waals surface area contributed by atoms with Gasteiger partial charge < -0.3 is 10.2 Å². The summed E-state index contributed by atoms with van der Waals surface area (Å²) in [6.07, 6.45) is 1.21. The normalized spacial score (nSPS) is 24.5. The molecule has 0 saturated carbocycles. The van der Waals surface area contributed by atoms with Gasteiger partial charge in [-0.25, -0.2) is 0 Å². The Balaban J connectivity index is 1.46. The summed E-state index contributed by atoms with van der Waals surface area (Å²) in [4.78, 5) is 32.0. The molecule has 0 aliphatic carbocycles. The van der Waals surface area contributed by atoms with Crippen LogP contribution in [0.15, 0.2) is 18.2 Å². The number of carbonyl (C=O) groups is 2. The highest BCUT2D eigenvalue weighted by atomic mass is 16.2. The van der Waals surface area contributed by atoms with Gasteiger partial charge >= 0.3 is 0 Å². The van der Waals surface area contributed by atoms with Crippen LogP contribution in [0, 0.1) is 25.7 Å². The van der Waals surface area contributed by atoms with Crippen LogP contribution < -0.4 is 5.32 Å². The Morgan fingerprint density at radius 1 is 1.07 bits per heavy atom. The summed E-state index contributed by atoms with van der Waals surface area (Å²) >= 11 is 0. The summed E-state index contributed by atoms with van der Waals surface area (Å²) in [6.45, 7) is 16.0. The van der Waals surface area contributed by atoms with Crippen LogP contribution in [0.2, 0.25) is 0 Å². The van der Waals surface area contributed by atoms with Gasteiger partial charge in [0.25, 0.3) is 0 Å². The van der Waals surface area contributed by atoms with Gasteiger partial charge in [-0.2, -0.15) is 0 Å². The molecule has 2 amide bonds. The van der Waals surface area contributed by atoms with E-state index in [0.717, 1.165) is 50.5 Å². The summed E-state index contributed by atoms with van der Waals surface area (Å²) < 4.78 is 0. The number of nitrogens with zero attached hydrogens (tertiary/aromatic N) is 3. The molecule has 0 spiro atoms. The van der Waals surface area contributed by atoms with Gasteiger partial charge in [0.1, 0.15) is 0 Å². The minimum atomic E-state index is -0.0894. The molecule has 0 unspecified atom stereocenters. The average Bonchev–Trinajstić information content (AvgIpc) is 2.70. The number of hydrogen-bond donors (Lipinski definition) is 1. The van der Waals surface area contributed by atoms with E-state index in [1.807, 2.05) is 26.0 Å². The largest absolute Gasteiger partial charge is 0.341 e. The number of aryl methyl sites for hydroxylation is 1. The first-order chi connectivity index (χ1) is 14.2. The van der Waals surface area contributed by atoms with Crippen molar-refractivity contribution in [1.82, 2.24) is 14.7 Å². The summed E-state index contributed by atoms with van der Waals surface area (Å²) in [5.74, 6) is 1.45. The molecule has 0 bridgehead atoms. The average molecular weight is 415 g/mol. The van der Waals surface area contributed by atoms with Gasteiger partial charge in [-0.1, -0.05) is 26.0 Å². The van der Waals surface area contributed by atoms with E-state index in [1.54, 1.807) is 0 Å². The summed E-state index contributed by atoms with van der Waals surface area (Å²) in [5.41, 5.74) is 3.18. The maximum atomic E-state index is 13.0. The number of rotatable bonds is 5. The second kappa shape index (κ2) is 9.92. The molecule has 1 aromatic rings. The topological polar surface area (TPSA) is 55.9 Å². The van der Waals surface area contributed by atoms with Gasteiger partial charge in [-0.05, 0) is 56.2 Å². The number of carbonyl (C=O) groups excluding carboxylic acids is 2. The third-order valence-corrected chi connectivity index (χ3v) is 6.74. The molecular formula is C24H38N4O2. The molecule has 30 heavy (non-hydrogen) atoms. The Morgan fingerprint density at radius 3 is 2.33 bits per heavy atom. The van der Waals surface area contributed by atoms with E-state index in [1.165, 1.54) is 12.0 Å². The highest BCUT2D eigenvalue weighted by molar-refractivity contribution is 5.93. The highest BCUT2D eigenvalue weighted by Gasteiger charge is 2.32. The fourth-order valence-electron chi connectivity index (χ4n) is 4.85. The quantitative estimate of drug-likeness (QED) is 0.805. The molecule has 2 heterocycles. The van der Waals surface area contributed by atoms with Gasteiger partial charge in [0.15, 0.2) is 0 Å². The van der Waals surface area contributed by atoms with Crippen molar-refractivity contribution in [2.45, 2.75) is 47.1 Å². The molecule has 0 radical (unpaired) electrons. The molecule has 166 valence electrons. The van der Waals surface area contributed by atoms with E-state index in [0.29, 0.717) is 18.4 Å². The van der Waals surface area contributed by atoms with Gasteiger partial charge in [0.2, 0.25) is 11.8 Å². The number of piperazine rings is 1. The van der Waals surface area contributed by atoms with Crippen molar-refractivity contribution >= 4 is 17.5 Å². The summed E-state index contributed by atoms with van der Waals surface area (Å²) in [6, 6.07) is 5.89. The first-order valence-corrected chi connectivity index (χ1v) is 11.4. The second-order valence-corrected chi connectivity index (χ2v) is 9.47. The predicted octanol–water partition coefficient (Wildman–Crippen LogP) is 2.75. The molecule has 6 nitrogen and oxygen atoms in total. The van der Waals surface area contributed by atoms with Crippen LogP contribution in [0.1, 0.15) is 38.3 Å². The van der Waals surface area contributed by atoms with Crippen molar-refractivity contribution in [2.75, 3.05) is 51.1 Å². The lowest BCUT2D eigenvalue weighted by Gasteiger charge is -2.41. The smallest absolute Gasteiger partial charge is 0.239 e. The van der Waals surface area contributed by atoms with Gasteiger partial charge in [0, 0.05) is 45.0 Å². The zero-order chi connectivity index (χ0) is 21.8. The van der Waals surface area contributed by atoms with E-state index in [2.05, 4.69) is 46.9 Å². The van der Waals surface area contributed by atoms with Crippen LogP contribution in [-0.2, 0) is 9.59 Å². The molecule has 2 saturated heterocycles. The molecule has 2 aliphatic rings. The first kappa shape index (κ1) is 22.8. The third-order valence-electron chi connectivity index (χ3n) is 6.74. The number of hydrogen-bond acceptors (Lipinski definition) is 4. The van der Waals surface area contributed by atoms with Crippen LogP contribution in [0.4, 0.5) is 5.69 Å². The number of amides is 2. The van der Waals surface area contributed by atoms with E-state index < -0.39 is 0 Å². The van der Waals surface area contributed by atoms with Crippen LogP contribution >= 0.6 is 0 Å². The fraction of sp³-hybridized carbons (Fsp3) is 0.667. The van der Waals surface area contributed by atoms with Crippen molar-refractivity contribution in [3.63, 3.8) is 0 Å². The zero-order valence-corrected chi connectivity index (χ0v) is 19.3. The third kappa shape index (κ3) is 5.61. The van der Waals surface area contributed by atoms with Crippen LogP contribution in [0.5, 0.6) is 0 Å². The van der Waals surface area contributed by atoms with Crippen molar-refractivity contribution < 1.29 is 9.59 Å². The molecule has 2 fully saturated rings. The molecule has 1 aromatic carbocycles. The van der Waals surface area contributed by atoms with E-state index in [4.69, 9.17) is 0 Å². The maximum Gasteiger partial charge on any atom is 0.239 e. The lowest BCUT2D eigenvalue weighted by molar-refractivity contribution is -0.140. The zero-order valence-electron chi connectivity index (χ0n) is 19.3. The van der Waals surface area contributed by atoms with Crippen LogP contribution in [0.25, 0.3) is 0 Å². The number of likely N-dealkylation sites (tertiary alicyclic amines) is 1. The van der Waals surface area contributed by atoms with Crippen molar-refractivity contribution in [3.8, 4) is 0 Å². The Labute approximate surface area is 181 Å². The van der Waals surface area contributed by atoms with Crippen molar-refractivity contribution in [3.05, 3.63) is 29.3 Å². The summed E-state index contributed by atoms with van der Waals surface area (Å²) in [7, 11) is 0. The fourth-order valence-corrected chi connectivity index (χ4v) is 4.85. The van der Waals surface area contributed by atoms with Crippen LogP contribution in [0.3, 0.4) is 0 Å². The maximum absolute atomic E-state index is 13.0. The predicted molar refractivity (Wildman–Crippen MR) is 122 cm³/mol. The molecule has 0 aromatic heterocycles. The van der Waals surface area contributed by atoms with Crippen molar-refractivity contribution in [2.24, 2.45) is 11.8 Å². The van der Waals surface area contributed by atoms with Gasteiger partial charge in [-0.15, -0.1) is 0 Å². The van der Waals surface area contributed by atoms with E-state index >= 15 is 0 Å². The molecular weight excluding hydrogens is 376 g/mol. The molecule has 2 aliphatic heterocycles. The molecule has 3 rings (SSSR count). The number of benzene rings is 1. The van der Waals surface area contributed by atoms with Gasteiger partial charge in [-0.3, -0.25) is 19.4 Å². The minimum absolute atomic E-state index is 0.0255. The Kier molecular flexibility index (Phi) is 7.53. The highest BCUT2D eigenvalue weighted by Crippen LogP contribution is 2.22. The Hall–Kier alpha value is -1.92. The summed E-state index contributed by atoms with van der Waals surface area (Å²) in [5, 5.41) is 3.05. The minimum Gasteiger partial charge on any atom is -0.341 e. The van der Waals surface area contributed by atoms with E-state index in [9.17, 15) is 9.59 Å². The molecule has 1 N–H and O–H groups in total. The lowest BCUT2D eigenvalue weighted by Crippen LogP contribution is -2.56. The molecule has 3 atom stereocenters. The van der Waals surface area contributed by atoms with Gasteiger partial charge in [0.05, 0.1) is 12.6 Å². The second-order valence-electron chi connectivity index (χ2n) is 9.47.